The third-order valence-corrected chi connectivity index (χ3v) is 80.6. The maximum atomic E-state index is 4.33. The minimum Gasteiger partial charge on any atom is -0.418 e. The molecule has 0 saturated heterocycles. The summed E-state index contributed by atoms with van der Waals surface area (Å²) in [4.78, 5) is 4.33. The Bertz CT molecular complexity index is 666. The lowest BCUT2D eigenvalue weighted by atomic mass is 10.0. The first kappa shape index (κ1) is 27.2. The molecule has 0 aliphatic rings. The molecule has 1 rings (SSSR count). The van der Waals surface area contributed by atoms with E-state index in [0.29, 0.717) is 6.57 Å². The predicted molar refractivity (Wildman–Crippen MR) is 152 cm³/mol. The van der Waals surface area contributed by atoms with Gasteiger partial charge in [-0.3, -0.25) is 0 Å². The molecule has 0 saturated carbocycles. The second-order valence-corrected chi connectivity index (χ2v) is 58.9. The van der Waals surface area contributed by atoms with E-state index < -0.39 is 37.5 Å². The highest BCUT2D eigenvalue weighted by Crippen LogP contribution is 2.39. The summed E-state index contributed by atoms with van der Waals surface area (Å²) in [6.07, 6.45) is 0. The van der Waals surface area contributed by atoms with Gasteiger partial charge in [0, 0.05) is 28.5 Å². The van der Waals surface area contributed by atoms with E-state index in [1.165, 1.54) is 22.4 Å². The lowest BCUT2D eigenvalue weighted by molar-refractivity contribution is 1.31. The third kappa shape index (κ3) is 5.68. The monoisotopic (exact) mass is 480 g/mol. The standard InChI is InChI=1S/C21H49BN2Si5/c1-18-16-19(2)21(20(3)17-18)23-22(24-25(4,5)6)29(26(7,8)9,27(10,11)12)28(13,14)15/h16-17,23-24H,1-15H3. The first-order valence-electron chi connectivity index (χ1n) is 11.3. The van der Waals surface area contributed by atoms with Crippen molar-refractivity contribution in [1.29, 1.82) is 0 Å². The zero-order valence-electron chi connectivity index (χ0n) is 22.2. The fourth-order valence-electron chi connectivity index (χ4n) is 6.91. The molecule has 1 aromatic carbocycles. The average molecular weight is 481 g/mol. The van der Waals surface area contributed by atoms with Gasteiger partial charge in [0.1, 0.15) is 8.24 Å². The summed E-state index contributed by atoms with van der Waals surface area (Å²) in [7, 11) is -5.71. The van der Waals surface area contributed by atoms with Gasteiger partial charge in [-0.25, -0.2) is 0 Å². The fourth-order valence-corrected chi connectivity index (χ4v) is 111. The normalized spacial score (nSPS) is 14.2. The number of hydrogen-bond acceptors (Lipinski definition) is 2. The molecule has 29 heavy (non-hydrogen) atoms. The second-order valence-electron chi connectivity index (χ2n) is 13.3. The highest BCUT2D eigenvalue weighted by atomic mass is 29.9. The van der Waals surface area contributed by atoms with Crippen molar-refractivity contribution in [1.82, 2.24) is 4.89 Å². The van der Waals surface area contributed by atoms with Crippen LogP contribution in [-0.2, 0) is 0 Å². The minimum atomic E-state index is -1.65. The lowest BCUT2D eigenvalue weighted by Crippen LogP contribution is -2.94. The molecule has 2 nitrogen and oxygen atoms in total. The second kappa shape index (κ2) is 8.58. The fraction of sp³-hybridized carbons (Fsp3) is 0.714. The molecule has 0 bridgehead atoms. The van der Waals surface area contributed by atoms with Gasteiger partial charge in [-0.15, -0.1) is 0 Å². The lowest BCUT2D eigenvalue weighted by Gasteiger charge is -2.60. The van der Waals surface area contributed by atoms with Crippen LogP contribution in [0, 0.1) is 20.8 Å². The first-order chi connectivity index (χ1) is 12.6. The van der Waals surface area contributed by atoms with Gasteiger partial charge in [-0.1, -0.05) is 96.3 Å². The van der Waals surface area contributed by atoms with Gasteiger partial charge in [0.2, 0.25) is 0 Å². The largest absolute Gasteiger partial charge is 0.418 e. The van der Waals surface area contributed by atoms with E-state index in [4.69, 9.17) is 0 Å². The number of nitrogens with one attached hydrogen (secondary N) is 2. The summed E-state index contributed by atoms with van der Waals surface area (Å²) in [6, 6.07) is 4.70. The number of hydrogen-bond donors (Lipinski definition) is 2. The van der Waals surface area contributed by atoms with Crippen LogP contribution < -0.4 is 10.1 Å². The van der Waals surface area contributed by atoms with E-state index in [1.54, 1.807) is 0 Å². The van der Waals surface area contributed by atoms with Gasteiger partial charge in [0.15, 0.2) is 0 Å². The topological polar surface area (TPSA) is 24.1 Å². The quantitative estimate of drug-likeness (QED) is 0.404. The average Bonchev–Trinajstić information content (AvgIpc) is 2.35. The van der Waals surface area contributed by atoms with Gasteiger partial charge >= 0.3 is 6.57 Å². The minimum absolute atomic E-state index is 0.485. The van der Waals surface area contributed by atoms with Gasteiger partial charge in [-0.2, -0.15) is 0 Å². The third-order valence-electron chi connectivity index (χ3n) is 6.53. The molecule has 0 amide bonds. The molecule has 1 aromatic rings. The molecule has 0 unspecified atom stereocenters. The Morgan fingerprint density at radius 3 is 1.24 bits per heavy atom. The van der Waals surface area contributed by atoms with Gasteiger partial charge in [-0.05, 0) is 31.9 Å². The van der Waals surface area contributed by atoms with Crippen molar-refractivity contribution in [3.63, 3.8) is 0 Å². The van der Waals surface area contributed by atoms with Crippen molar-refractivity contribution in [2.24, 2.45) is 0 Å². The van der Waals surface area contributed by atoms with Crippen molar-refractivity contribution in [3.8, 4) is 0 Å². The molecule has 8 heteroatoms. The molecule has 0 fully saturated rings. The summed E-state index contributed by atoms with van der Waals surface area (Å²) in [6.45, 7) is 37.4. The number of aryl methyl sites for hydroxylation is 3. The number of anilines is 1. The molecule has 166 valence electrons. The van der Waals surface area contributed by atoms with Crippen LogP contribution in [0.4, 0.5) is 5.69 Å². The summed E-state index contributed by atoms with van der Waals surface area (Å²) in [5.41, 5.74) is 5.55. The zero-order chi connectivity index (χ0) is 23.2. The van der Waals surface area contributed by atoms with E-state index >= 15 is 0 Å². The van der Waals surface area contributed by atoms with Crippen molar-refractivity contribution in [2.75, 3.05) is 5.23 Å². The molecule has 2 N–H and O–H groups in total. The van der Waals surface area contributed by atoms with Gasteiger partial charge in [0.05, 0.1) is 6.50 Å². The van der Waals surface area contributed by atoms with E-state index in [0.717, 1.165) is 0 Å². The van der Waals surface area contributed by atoms with Crippen molar-refractivity contribution < 1.29 is 0 Å². The van der Waals surface area contributed by atoms with Crippen LogP contribution in [0.15, 0.2) is 12.1 Å². The Balaban J connectivity index is 3.87. The molecule has 0 aromatic heterocycles. The van der Waals surface area contributed by atoms with Crippen molar-refractivity contribution >= 4 is 49.8 Å². The highest BCUT2D eigenvalue weighted by Gasteiger charge is 2.67. The van der Waals surface area contributed by atoms with Crippen LogP contribution in [0.2, 0.25) is 78.6 Å². The summed E-state index contributed by atoms with van der Waals surface area (Å²) in [5, 5.41) is 4.25. The smallest absolute Gasteiger partial charge is 0.305 e. The molecule has 0 aliphatic heterocycles. The Labute approximate surface area is 187 Å². The maximum absolute atomic E-state index is 4.33. The molecule has 0 spiro atoms. The van der Waals surface area contributed by atoms with Crippen molar-refractivity contribution in [2.45, 2.75) is 99.3 Å². The van der Waals surface area contributed by atoms with Crippen LogP contribution in [0.5, 0.6) is 0 Å². The highest BCUT2D eigenvalue weighted by molar-refractivity contribution is 8.04. The van der Waals surface area contributed by atoms with Crippen LogP contribution in [0.1, 0.15) is 16.7 Å². The van der Waals surface area contributed by atoms with Gasteiger partial charge < -0.3 is 10.1 Å². The Kier molecular flexibility index (Phi) is 8.03. The first-order valence-corrected chi connectivity index (χ1v) is 30.3. The number of benzene rings is 1. The predicted octanol–water partition coefficient (Wildman–Crippen LogP) is 6.71. The molecular formula is C21H49BN2Si5. The summed E-state index contributed by atoms with van der Waals surface area (Å²) >= 11 is 0. The van der Waals surface area contributed by atoms with Crippen molar-refractivity contribution in [3.05, 3.63) is 28.8 Å². The molecule has 0 aliphatic carbocycles. The summed E-state index contributed by atoms with van der Waals surface area (Å²) in [5.74, 6) is 0. The molecular weight excluding hydrogens is 431 g/mol. The Morgan fingerprint density at radius 2 is 0.966 bits per heavy atom. The van der Waals surface area contributed by atoms with Gasteiger partial charge in [0.25, 0.3) is 0 Å². The SMILES string of the molecule is Cc1cc(C)c(NB(N[Si](C)(C)C)[Si]([Si](C)(C)C)([Si](C)(C)C)[Si](C)(C)C)c(C)c1. The summed E-state index contributed by atoms with van der Waals surface area (Å²) < 4.78 is 0. The van der Waals surface area contributed by atoms with E-state index in [9.17, 15) is 0 Å². The van der Waals surface area contributed by atoms with Crippen LogP contribution in [0.3, 0.4) is 0 Å². The van der Waals surface area contributed by atoms with Crippen LogP contribution >= 0.6 is 0 Å². The van der Waals surface area contributed by atoms with E-state index in [2.05, 4.69) is 122 Å². The maximum Gasteiger partial charge on any atom is 0.305 e. The number of rotatable bonds is 8. The van der Waals surface area contributed by atoms with E-state index in [-0.39, 0.29) is 0 Å². The van der Waals surface area contributed by atoms with Crippen LogP contribution in [0.25, 0.3) is 0 Å². The molecule has 0 atom stereocenters. The van der Waals surface area contributed by atoms with E-state index in [1.807, 2.05) is 0 Å². The molecule has 0 radical (unpaired) electrons. The Hall–Kier alpha value is 0.129. The zero-order valence-corrected chi connectivity index (χ0v) is 27.2. The van der Waals surface area contributed by atoms with Crippen LogP contribution in [-0.4, -0.2) is 44.1 Å². The molecule has 0 heterocycles. The Morgan fingerprint density at radius 1 is 0.621 bits per heavy atom.